The van der Waals surface area contributed by atoms with E-state index in [4.69, 9.17) is 0 Å². The molecule has 1 atom stereocenters. The highest BCUT2D eigenvalue weighted by atomic mass is 16.3. The van der Waals surface area contributed by atoms with Gasteiger partial charge in [-0.05, 0) is 22.8 Å². The summed E-state index contributed by atoms with van der Waals surface area (Å²) in [5, 5.41) is 10.6. The zero-order chi connectivity index (χ0) is 12.8. The molecule has 0 bridgehead atoms. The summed E-state index contributed by atoms with van der Waals surface area (Å²) >= 11 is 0. The van der Waals surface area contributed by atoms with Gasteiger partial charge in [-0.15, -0.1) is 0 Å². The predicted octanol–water partition coefficient (Wildman–Crippen LogP) is 4.86. The molecule has 0 aliphatic heterocycles. The van der Waals surface area contributed by atoms with E-state index in [1.807, 2.05) is 0 Å². The molecule has 0 spiro atoms. The van der Waals surface area contributed by atoms with Crippen LogP contribution in [0.3, 0.4) is 0 Å². The van der Waals surface area contributed by atoms with Crippen molar-refractivity contribution in [3.05, 3.63) is 23.5 Å². The van der Waals surface area contributed by atoms with Crippen LogP contribution < -0.4 is 0 Å². The zero-order valence-corrected chi connectivity index (χ0v) is 11.8. The molecule has 0 aromatic rings. The summed E-state index contributed by atoms with van der Waals surface area (Å²) in [7, 11) is 0. The average molecular weight is 222 g/mol. The molecule has 0 saturated heterocycles. The molecule has 1 nitrogen and oxygen atoms in total. The summed E-state index contributed by atoms with van der Waals surface area (Å²) in [6.45, 7) is 15.2. The quantitative estimate of drug-likeness (QED) is 0.620. The first-order valence-electron chi connectivity index (χ1n) is 6.11. The van der Waals surface area contributed by atoms with Gasteiger partial charge in [0.25, 0.3) is 0 Å². The number of aliphatic hydroxyl groups excluding tert-OH is 1. The highest BCUT2D eigenvalue weighted by Crippen LogP contribution is 2.51. The van der Waals surface area contributed by atoms with Gasteiger partial charge in [0.05, 0.1) is 0 Å². The topological polar surface area (TPSA) is 20.2 Å². The van der Waals surface area contributed by atoms with Gasteiger partial charge in [0.1, 0.15) is 5.76 Å². The molecule has 0 amide bonds. The molecule has 0 aromatic heterocycles. The van der Waals surface area contributed by atoms with E-state index < -0.39 is 0 Å². The van der Waals surface area contributed by atoms with Gasteiger partial charge in [-0.3, -0.25) is 0 Å². The van der Waals surface area contributed by atoms with Crippen molar-refractivity contribution in [2.24, 2.45) is 16.2 Å². The van der Waals surface area contributed by atoms with E-state index >= 15 is 0 Å². The lowest BCUT2D eigenvalue weighted by Gasteiger charge is -2.44. The molecule has 92 valence electrons. The van der Waals surface area contributed by atoms with E-state index in [1.165, 1.54) is 0 Å². The Labute approximate surface area is 100 Å². The Kier molecular flexibility index (Phi) is 3.04. The fourth-order valence-electron chi connectivity index (χ4n) is 2.15. The van der Waals surface area contributed by atoms with Crippen LogP contribution >= 0.6 is 0 Å². The molecule has 1 unspecified atom stereocenters. The molecule has 1 aliphatic carbocycles. The largest absolute Gasteiger partial charge is 0.511 e. The molecule has 1 aliphatic rings. The molecule has 1 heteroatoms. The second-order valence-corrected chi connectivity index (χ2v) is 7.20. The van der Waals surface area contributed by atoms with E-state index in [-0.39, 0.29) is 16.2 Å². The minimum Gasteiger partial charge on any atom is -0.511 e. The molecule has 0 fully saturated rings. The Morgan fingerprint density at radius 3 is 2.00 bits per heavy atom. The molecule has 0 heterocycles. The van der Waals surface area contributed by atoms with E-state index in [2.05, 4.69) is 60.6 Å². The first-order chi connectivity index (χ1) is 7.00. The van der Waals surface area contributed by atoms with Crippen molar-refractivity contribution in [2.75, 3.05) is 0 Å². The summed E-state index contributed by atoms with van der Waals surface area (Å²) in [6.07, 6.45) is 5.20. The van der Waals surface area contributed by atoms with E-state index in [1.54, 1.807) is 0 Å². The zero-order valence-electron chi connectivity index (χ0n) is 11.8. The summed E-state index contributed by atoms with van der Waals surface area (Å²) in [6, 6.07) is 0. The number of hydrogen-bond acceptors (Lipinski definition) is 1. The molecule has 16 heavy (non-hydrogen) atoms. The lowest BCUT2D eigenvalue weighted by atomic mass is 9.61. The smallest absolute Gasteiger partial charge is 0.103 e. The number of hydrogen-bond donors (Lipinski definition) is 1. The Bertz CT molecular complexity index is 333. The van der Waals surface area contributed by atoms with Crippen LogP contribution in [0.2, 0.25) is 0 Å². The molecular weight excluding hydrogens is 196 g/mol. The highest BCUT2D eigenvalue weighted by Gasteiger charge is 2.44. The molecule has 1 N–H and O–H groups in total. The van der Waals surface area contributed by atoms with Gasteiger partial charge in [0.15, 0.2) is 0 Å². The Hall–Kier alpha value is -0.720. The van der Waals surface area contributed by atoms with Crippen molar-refractivity contribution in [3.8, 4) is 0 Å². The fraction of sp³-hybridized carbons (Fsp3) is 0.733. The highest BCUT2D eigenvalue weighted by molar-refractivity contribution is 5.35. The van der Waals surface area contributed by atoms with Crippen LogP contribution in [0.4, 0.5) is 0 Å². The van der Waals surface area contributed by atoms with Gasteiger partial charge in [-0.2, -0.15) is 0 Å². The van der Waals surface area contributed by atoms with Crippen molar-refractivity contribution in [2.45, 2.75) is 54.9 Å². The summed E-state index contributed by atoms with van der Waals surface area (Å²) in [4.78, 5) is 0. The van der Waals surface area contributed by atoms with Crippen LogP contribution in [0.5, 0.6) is 0 Å². The second kappa shape index (κ2) is 3.65. The van der Waals surface area contributed by atoms with Gasteiger partial charge in [-0.1, -0.05) is 60.6 Å². The Balaban J connectivity index is 3.31. The second-order valence-electron chi connectivity index (χ2n) is 7.20. The monoisotopic (exact) mass is 222 g/mol. The third kappa shape index (κ3) is 2.05. The van der Waals surface area contributed by atoms with Gasteiger partial charge >= 0.3 is 0 Å². The average Bonchev–Trinajstić information content (AvgIpc) is 2.05. The number of allylic oxidation sites excluding steroid dienone is 4. The Morgan fingerprint density at radius 1 is 1.12 bits per heavy atom. The van der Waals surface area contributed by atoms with Gasteiger partial charge in [0.2, 0.25) is 0 Å². The maximum Gasteiger partial charge on any atom is 0.103 e. The summed E-state index contributed by atoms with van der Waals surface area (Å²) in [5.74, 6) is 0.579. The number of rotatable bonds is 0. The molecule has 0 radical (unpaired) electrons. The lowest BCUT2D eigenvalue weighted by molar-refractivity contribution is 0.0883. The van der Waals surface area contributed by atoms with Gasteiger partial charge in [0, 0.05) is 5.41 Å². The lowest BCUT2D eigenvalue weighted by Crippen LogP contribution is -2.37. The van der Waals surface area contributed by atoms with Crippen molar-refractivity contribution >= 4 is 0 Å². The normalized spacial score (nSPS) is 27.4. The minimum absolute atomic E-state index is 0.00745. The summed E-state index contributed by atoms with van der Waals surface area (Å²) in [5.41, 5.74) is 1.01. The van der Waals surface area contributed by atoms with E-state index in [0.717, 1.165) is 12.0 Å². The van der Waals surface area contributed by atoms with Crippen LogP contribution in [0.25, 0.3) is 0 Å². The maximum atomic E-state index is 10.6. The van der Waals surface area contributed by atoms with Crippen LogP contribution in [-0.2, 0) is 0 Å². The molecular formula is C15H26O. The third-order valence-electron chi connectivity index (χ3n) is 4.05. The first-order valence-corrected chi connectivity index (χ1v) is 6.11. The van der Waals surface area contributed by atoms with E-state index in [0.29, 0.717) is 5.76 Å². The van der Waals surface area contributed by atoms with Crippen LogP contribution in [0.1, 0.15) is 54.9 Å². The number of aliphatic hydroxyl groups is 1. The predicted molar refractivity (Wildman–Crippen MR) is 70.4 cm³/mol. The maximum absolute atomic E-state index is 10.6. The van der Waals surface area contributed by atoms with Crippen molar-refractivity contribution < 1.29 is 5.11 Å². The van der Waals surface area contributed by atoms with Crippen LogP contribution in [0, 0.1) is 16.2 Å². The van der Waals surface area contributed by atoms with E-state index in [9.17, 15) is 5.11 Å². The van der Waals surface area contributed by atoms with Crippen molar-refractivity contribution in [3.63, 3.8) is 0 Å². The SMILES string of the molecule is CC(C)(C)C1=C(O)C(C)(C(C)(C)C)CC=C1. The van der Waals surface area contributed by atoms with Crippen molar-refractivity contribution in [1.82, 2.24) is 0 Å². The van der Waals surface area contributed by atoms with Gasteiger partial charge in [-0.25, -0.2) is 0 Å². The minimum atomic E-state index is -0.148. The third-order valence-corrected chi connectivity index (χ3v) is 4.05. The van der Waals surface area contributed by atoms with Gasteiger partial charge < -0.3 is 5.11 Å². The fourth-order valence-corrected chi connectivity index (χ4v) is 2.15. The van der Waals surface area contributed by atoms with Crippen LogP contribution in [0.15, 0.2) is 23.5 Å². The standard InChI is InChI=1S/C15H26O/c1-13(2,3)11-9-8-10-15(7,12(11)16)14(4,5)6/h8-9,16H,10H2,1-7H3. The Morgan fingerprint density at radius 2 is 1.62 bits per heavy atom. The molecule has 0 saturated carbocycles. The van der Waals surface area contributed by atoms with Crippen molar-refractivity contribution in [1.29, 1.82) is 0 Å². The van der Waals surface area contributed by atoms with Crippen LogP contribution in [-0.4, -0.2) is 5.11 Å². The molecule has 0 aromatic carbocycles. The summed E-state index contributed by atoms with van der Waals surface area (Å²) < 4.78 is 0. The first kappa shape index (κ1) is 13.3. The molecule has 1 rings (SSSR count).